The van der Waals surface area contributed by atoms with Crippen molar-refractivity contribution < 1.29 is 37.1 Å². The molecule has 2 fully saturated rings. The first-order valence-electron chi connectivity index (χ1n) is 20.2. The van der Waals surface area contributed by atoms with Gasteiger partial charge in [-0.1, -0.05) is 44.9 Å². The molecule has 3 N–H and O–H groups in total. The van der Waals surface area contributed by atoms with E-state index in [1.807, 2.05) is 25.1 Å². The van der Waals surface area contributed by atoms with E-state index in [1.54, 1.807) is 34.6 Å². The molecule has 0 radical (unpaired) electrons. The minimum atomic E-state index is -4.03. The highest BCUT2D eigenvalue weighted by atomic mass is 32.2. The fraction of sp³-hybridized carbons (Fsp3) is 0.643. The summed E-state index contributed by atoms with van der Waals surface area (Å²) < 4.78 is 40.3. The van der Waals surface area contributed by atoms with Crippen molar-refractivity contribution in [2.24, 2.45) is 5.92 Å². The molecular formula is C42H59N5O8S. The van der Waals surface area contributed by atoms with Crippen LogP contribution in [0.25, 0.3) is 10.9 Å². The lowest BCUT2D eigenvalue weighted by Gasteiger charge is -2.37. The average molecular weight is 794 g/mol. The molecular weight excluding hydrogens is 735 g/mol. The number of nitrogens with one attached hydrogen (secondary N) is 3. The van der Waals surface area contributed by atoms with E-state index in [1.165, 1.54) is 17.4 Å². The monoisotopic (exact) mass is 793 g/mol. The van der Waals surface area contributed by atoms with Crippen molar-refractivity contribution in [1.82, 2.24) is 25.2 Å². The van der Waals surface area contributed by atoms with Crippen molar-refractivity contribution in [2.45, 2.75) is 160 Å². The Morgan fingerprint density at radius 2 is 1.84 bits per heavy atom. The number of hydrogen-bond acceptors (Lipinski definition) is 9. The van der Waals surface area contributed by atoms with Gasteiger partial charge in [0.05, 0.1) is 22.5 Å². The molecule has 56 heavy (non-hydrogen) atoms. The quantitative estimate of drug-likeness (QED) is 0.322. The summed E-state index contributed by atoms with van der Waals surface area (Å²) in [4.78, 5) is 63.2. The van der Waals surface area contributed by atoms with Gasteiger partial charge in [0, 0.05) is 23.3 Å². The molecule has 4 heterocycles. The summed E-state index contributed by atoms with van der Waals surface area (Å²) in [5.74, 6) is -1.91. The number of nitrogens with zero attached hydrogens (tertiary/aromatic N) is 2. The summed E-state index contributed by atoms with van der Waals surface area (Å²) in [6.07, 6.45) is 9.16. The standard InChI is InChI=1S/C42H59N5O8S/c1-9-28-17-18-31-30(23-28)29-19-20-42(54-34(29)27(3)43-31)24-33-35(48)45-41(8,37(50)46-56(52,53)40(7)21-22-40)26(2)15-13-11-10-12-14-16-32(36(49)47(33)25-42)44-38(51)55-39(4,5)6/h13,15,17-18,23,26,32-33H,9-12,14,16,19-22,24-25H2,1-8H3,(H,44,51)(H,45,48)(H,46,50). The number of aromatic nitrogens is 1. The molecule has 6 rings (SSSR count). The zero-order valence-electron chi connectivity index (χ0n) is 34.2. The number of pyridine rings is 1. The van der Waals surface area contributed by atoms with Gasteiger partial charge in [0.15, 0.2) is 0 Å². The van der Waals surface area contributed by atoms with Crippen LogP contribution in [-0.4, -0.2) is 82.2 Å². The molecule has 1 aromatic carbocycles. The molecule has 1 saturated carbocycles. The number of amides is 4. The molecule has 1 aliphatic carbocycles. The third-order valence-corrected chi connectivity index (χ3v) is 14.4. The van der Waals surface area contributed by atoms with Gasteiger partial charge in [-0.15, -0.1) is 0 Å². The van der Waals surface area contributed by atoms with E-state index >= 15 is 0 Å². The molecule has 14 heteroatoms. The predicted octanol–water partition coefficient (Wildman–Crippen LogP) is 5.69. The third kappa shape index (κ3) is 8.40. The topological polar surface area (TPSA) is 173 Å². The molecule has 1 aromatic heterocycles. The van der Waals surface area contributed by atoms with Crippen molar-refractivity contribution >= 4 is 44.7 Å². The highest BCUT2D eigenvalue weighted by molar-refractivity contribution is 7.91. The van der Waals surface area contributed by atoms with Crippen LogP contribution >= 0.6 is 0 Å². The number of alkyl carbamates (subject to hydrolysis) is 1. The molecule has 306 valence electrons. The number of rotatable bonds is 5. The number of fused-ring (bicyclic) bond motifs is 4. The van der Waals surface area contributed by atoms with Crippen molar-refractivity contribution in [3.8, 4) is 5.75 Å². The van der Waals surface area contributed by atoms with E-state index < -0.39 is 73.3 Å². The van der Waals surface area contributed by atoms with E-state index in [4.69, 9.17) is 14.5 Å². The second-order valence-corrected chi connectivity index (χ2v) is 20.0. The zero-order chi connectivity index (χ0) is 40.8. The summed E-state index contributed by atoms with van der Waals surface area (Å²) >= 11 is 0. The average Bonchev–Trinajstić information content (AvgIpc) is 3.79. The Morgan fingerprint density at radius 3 is 2.52 bits per heavy atom. The Kier molecular flexibility index (Phi) is 11.3. The lowest BCUT2D eigenvalue weighted by atomic mass is 9.84. The normalized spacial score (nSPS) is 28.3. The fourth-order valence-electron chi connectivity index (χ4n) is 8.09. The lowest BCUT2D eigenvalue weighted by Crippen LogP contribution is -2.64. The van der Waals surface area contributed by atoms with Crippen molar-refractivity contribution in [3.63, 3.8) is 0 Å². The minimum absolute atomic E-state index is 0.0490. The molecule has 5 atom stereocenters. The molecule has 13 nitrogen and oxygen atoms in total. The lowest BCUT2D eigenvalue weighted by molar-refractivity contribution is -0.142. The van der Waals surface area contributed by atoms with E-state index in [2.05, 4.69) is 34.4 Å². The Morgan fingerprint density at radius 1 is 1.11 bits per heavy atom. The maximum absolute atomic E-state index is 14.8. The molecule has 3 aliphatic heterocycles. The Labute approximate surface area is 331 Å². The number of hydrogen-bond donors (Lipinski definition) is 3. The molecule has 5 unspecified atom stereocenters. The number of sulfonamides is 1. The van der Waals surface area contributed by atoms with Crippen molar-refractivity contribution in [1.29, 1.82) is 0 Å². The summed E-state index contributed by atoms with van der Waals surface area (Å²) in [6, 6.07) is 4.14. The van der Waals surface area contributed by atoms with Gasteiger partial charge in [0.25, 0.3) is 5.91 Å². The van der Waals surface area contributed by atoms with E-state index in [9.17, 15) is 27.6 Å². The van der Waals surface area contributed by atoms with Crippen LogP contribution < -0.4 is 20.1 Å². The Balaban J connectivity index is 1.39. The summed E-state index contributed by atoms with van der Waals surface area (Å²) in [5.41, 5.74) is 0.302. The Hall–Kier alpha value is -4.20. The van der Waals surface area contributed by atoms with Crippen LogP contribution in [0.15, 0.2) is 30.4 Å². The van der Waals surface area contributed by atoms with Crippen LogP contribution in [0.4, 0.5) is 4.79 Å². The number of allylic oxidation sites excluding steroid dienone is 1. The van der Waals surface area contributed by atoms with Gasteiger partial charge in [-0.2, -0.15) is 0 Å². The molecule has 4 aliphatic rings. The molecule has 2 aromatic rings. The van der Waals surface area contributed by atoms with Gasteiger partial charge in [-0.05, 0) is 111 Å². The summed E-state index contributed by atoms with van der Waals surface area (Å²) in [7, 11) is -4.03. The first-order chi connectivity index (χ1) is 26.2. The van der Waals surface area contributed by atoms with Crippen LogP contribution in [0.5, 0.6) is 5.75 Å². The van der Waals surface area contributed by atoms with Crippen LogP contribution in [0.2, 0.25) is 0 Å². The summed E-state index contributed by atoms with van der Waals surface area (Å²) in [6.45, 7) is 14.2. The van der Waals surface area contributed by atoms with E-state index in [0.717, 1.165) is 35.7 Å². The van der Waals surface area contributed by atoms with Crippen LogP contribution in [-0.2, 0) is 42.0 Å². The highest BCUT2D eigenvalue weighted by Crippen LogP contribution is 2.45. The maximum Gasteiger partial charge on any atom is 0.408 e. The van der Waals surface area contributed by atoms with Crippen LogP contribution in [0, 0.1) is 12.8 Å². The first kappa shape index (κ1) is 41.4. The van der Waals surface area contributed by atoms with Crippen molar-refractivity contribution in [2.75, 3.05) is 6.54 Å². The number of carbonyl (C=O) groups is 4. The van der Waals surface area contributed by atoms with Crippen LogP contribution in [0.1, 0.15) is 123 Å². The molecule has 0 bridgehead atoms. The van der Waals surface area contributed by atoms with Gasteiger partial charge in [-0.3, -0.25) is 19.1 Å². The number of aryl methyl sites for hydroxylation is 3. The minimum Gasteiger partial charge on any atom is -0.483 e. The van der Waals surface area contributed by atoms with E-state index in [-0.39, 0.29) is 13.0 Å². The maximum atomic E-state index is 14.8. The second-order valence-electron chi connectivity index (χ2n) is 17.8. The van der Waals surface area contributed by atoms with E-state index in [0.29, 0.717) is 56.4 Å². The van der Waals surface area contributed by atoms with Gasteiger partial charge in [0.1, 0.15) is 34.6 Å². The number of benzene rings is 1. The largest absolute Gasteiger partial charge is 0.483 e. The predicted molar refractivity (Wildman–Crippen MR) is 213 cm³/mol. The Bertz CT molecular complexity index is 2040. The summed E-state index contributed by atoms with van der Waals surface area (Å²) in [5, 5.41) is 6.75. The SMILES string of the molecule is CCc1ccc2nc(C)c3c(c2c1)CCC1(CC2C(=O)NC(C)(C(=O)NS(=O)(=O)C4(C)CC4)C(C)C=CCCCCCC(NC(=O)OC(C)(C)C)C(=O)N2C1)O3. The second kappa shape index (κ2) is 15.3. The third-order valence-electron chi connectivity index (χ3n) is 12.2. The fourth-order valence-corrected chi connectivity index (χ4v) is 9.43. The van der Waals surface area contributed by atoms with Crippen LogP contribution in [0.3, 0.4) is 0 Å². The zero-order valence-corrected chi connectivity index (χ0v) is 35.0. The van der Waals surface area contributed by atoms with Gasteiger partial charge in [-0.25, -0.2) is 18.2 Å². The smallest absolute Gasteiger partial charge is 0.408 e. The first-order valence-corrected chi connectivity index (χ1v) is 21.6. The molecule has 1 spiro atoms. The van der Waals surface area contributed by atoms with Gasteiger partial charge < -0.3 is 25.0 Å². The van der Waals surface area contributed by atoms with Gasteiger partial charge >= 0.3 is 6.09 Å². The van der Waals surface area contributed by atoms with Crippen molar-refractivity contribution in [3.05, 3.63) is 47.2 Å². The number of carbonyl (C=O) groups excluding carboxylic acids is 4. The molecule has 4 amide bonds. The molecule has 1 saturated heterocycles. The van der Waals surface area contributed by atoms with Gasteiger partial charge in [0.2, 0.25) is 21.8 Å². The number of ether oxygens (including phenoxy) is 2. The highest BCUT2D eigenvalue weighted by Gasteiger charge is 2.56.